The van der Waals surface area contributed by atoms with Crippen molar-refractivity contribution in [1.82, 2.24) is 23.1 Å². The van der Waals surface area contributed by atoms with Gasteiger partial charge in [0.15, 0.2) is 5.65 Å². The minimum atomic E-state index is -0.168. The van der Waals surface area contributed by atoms with Crippen molar-refractivity contribution >= 4 is 71.2 Å². The summed E-state index contributed by atoms with van der Waals surface area (Å²) in [7, 11) is 0. The first kappa shape index (κ1) is 34.4. The van der Waals surface area contributed by atoms with Crippen molar-refractivity contribution < 1.29 is 0 Å². The van der Waals surface area contributed by atoms with E-state index in [1.807, 2.05) is 59.2 Å². The number of benzene rings is 9. The van der Waals surface area contributed by atoms with Gasteiger partial charge in [0.25, 0.3) is 0 Å². The Hall–Kier alpha value is -8.48. The summed E-state index contributed by atoms with van der Waals surface area (Å²) in [6, 6.07) is 74.3. The number of para-hydroxylation sites is 8. The van der Waals surface area contributed by atoms with Crippen LogP contribution in [0.4, 0.5) is 0 Å². The zero-order valence-corrected chi connectivity index (χ0v) is 33.4. The van der Waals surface area contributed by atoms with Crippen LogP contribution in [0, 0.1) is 0 Å². The van der Waals surface area contributed by atoms with Crippen LogP contribution in [0.1, 0.15) is 0 Å². The van der Waals surface area contributed by atoms with Crippen LogP contribution in [0.25, 0.3) is 111 Å². The van der Waals surface area contributed by atoms with Gasteiger partial charge in [0.05, 0.1) is 44.3 Å². The summed E-state index contributed by atoms with van der Waals surface area (Å²) >= 11 is 0. The Balaban J connectivity index is 1.21. The largest absolute Gasteiger partial charge is 0.339 e. The van der Waals surface area contributed by atoms with Crippen LogP contribution in [-0.4, -0.2) is 23.1 Å². The predicted octanol–water partition coefficient (Wildman–Crippen LogP) is 13.3. The van der Waals surface area contributed by atoms with Crippen molar-refractivity contribution in [2.75, 3.05) is 0 Å². The van der Waals surface area contributed by atoms with Crippen molar-refractivity contribution in [3.05, 3.63) is 223 Å². The molecule has 6 nitrogen and oxygen atoms in total. The third-order valence-corrected chi connectivity index (χ3v) is 12.6. The standard InChI is InChI=1S/C56H35N5O/c62-56-60(39-21-8-3-9-22-39)54-42(25-16-26-44(54)55-57-46-27-12-15-30-50(46)61(55)56)41-32-34-51-53(43-24-11-14-29-48(43)59(51)38-19-6-2-7-20-38)52(41)36-31-33-49-45(35-36)40-23-10-13-28-47(40)58(49)37-17-4-1-5-18-37/h1-35H. The minimum absolute atomic E-state index is 0.168. The topological polar surface area (TPSA) is 49.2 Å². The molecular weight excluding hydrogens is 759 g/mol. The van der Waals surface area contributed by atoms with Crippen molar-refractivity contribution in [1.29, 1.82) is 0 Å². The van der Waals surface area contributed by atoms with Crippen LogP contribution in [-0.2, 0) is 0 Å². The van der Waals surface area contributed by atoms with E-state index in [0.29, 0.717) is 5.65 Å². The predicted molar refractivity (Wildman–Crippen MR) is 255 cm³/mol. The number of imidazole rings is 1. The van der Waals surface area contributed by atoms with Crippen molar-refractivity contribution in [3.63, 3.8) is 0 Å². The molecule has 0 N–H and O–H groups in total. The highest BCUT2D eigenvalue weighted by molar-refractivity contribution is 6.21. The molecule has 62 heavy (non-hydrogen) atoms. The van der Waals surface area contributed by atoms with Gasteiger partial charge < -0.3 is 9.13 Å². The number of aromatic nitrogens is 5. The van der Waals surface area contributed by atoms with Crippen LogP contribution in [0.15, 0.2) is 217 Å². The maximum Gasteiger partial charge on any atom is 0.339 e. The molecule has 6 heteroatoms. The molecular formula is C56H35N5O. The SMILES string of the molecule is O=c1n(-c2ccccc2)c2c(-c3ccc4c(c3-c3ccc5c(c3)c3ccccc3n5-c3ccccc3)c3ccccc3n4-c3ccccc3)cccc2c2nc3ccccc3n12. The normalized spacial score (nSPS) is 11.9. The monoisotopic (exact) mass is 793 g/mol. The summed E-state index contributed by atoms with van der Waals surface area (Å²) in [6.45, 7) is 0. The van der Waals surface area contributed by atoms with Crippen molar-refractivity contribution in [2.24, 2.45) is 0 Å². The van der Waals surface area contributed by atoms with E-state index >= 15 is 4.79 Å². The molecule has 0 aliphatic heterocycles. The van der Waals surface area contributed by atoms with E-state index in [1.165, 1.54) is 10.8 Å². The van der Waals surface area contributed by atoms with Gasteiger partial charge in [0, 0.05) is 43.9 Å². The minimum Gasteiger partial charge on any atom is -0.309 e. The van der Waals surface area contributed by atoms with E-state index in [-0.39, 0.29) is 5.69 Å². The van der Waals surface area contributed by atoms with Gasteiger partial charge in [0.2, 0.25) is 0 Å². The van der Waals surface area contributed by atoms with Crippen molar-refractivity contribution in [2.45, 2.75) is 0 Å². The third kappa shape index (κ3) is 4.86. The van der Waals surface area contributed by atoms with Gasteiger partial charge >= 0.3 is 5.69 Å². The maximum atomic E-state index is 15.2. The first-order valence-corrected chi connectivity index (χ1v) is 20.9. The lowest BCUT2D eigenvalue weighted by Crippen LogP contribution is -2.26. The molecule has 290 valence electrons. The summed E-state index contributed by atoms with van der Waals surface area (Å²) in [5, 5.41) is 5.54. The number of fused-ring (bicyclic) bond motifs is 11. The first-order chi connectivity index (χ1) is 30.7. The second kappa shape index (κ2) is 13.3. The second-order valence-electron chi connectivity index (χ2n) is 15.9. The van der Waals surface area contributed by atoms with E-state index < -0.39 is 0 Å². The number of hydrogen-bond acceptors (Lipinski definition) is 2. The molecule has 0 aliphatic rings. The average molecular weight is 794 g/mol. The molecule has 0 unspecified atom stereocenters. The van der Waals surface area contributed by atoms with Gasteiger partial charge in [0.1, 0.15) is 0 Å². The smallest absolute Gasteiger partial charge is 0.309 e. The van der Waals surface area contributed by atoms with Crippen molar-refractivity contribution in [3.8, 4) is 39.3 Å². The quantitative estimate of drug-likeness (QED) is 0.174. The van der Waals surface area contributed by atoms with Crippen LogP contribution < -0.4 is 5.69 Å². The molecule has 0 amide bonds. The highest BCUT2D eigenvalue weighted by Gasteiger charge is 2.25. The van der Waals surface area contributed by atoms with E-state index in [2.05, 4.69) is 167 Å². The Morgan fingerprint density at radius 2 is 0.903 bits per heavy atom. The number of nitrogens with zero attached hydrogens (tertiary/aromatic N) is 5. The summed E-state index contributed by atoms with van der Waals surface area (Å²) in [6.07, 6.45) is 0. The molecule has 13 aromatic rings. The molecule has 0 spiro atoms. The van der Waals surface area contributed by atoms with E-state index in [0.717, 1.165) is 94.1 Å². The summed E-state index contributed by atoms with van der Waals surface area (Å²) in [5.74, 6) is 0. The molecule has 0 saturated heterocycles. The van der Waals surface area contributed by atoms with Crippen LogP contribution in [0.5, 0.6) is 0 Å². The highest BCUT2D eigenvalue weighted by atomic mass is 16.1. The molecule has 0 bridgehead atoms. The Kier molecular flexibility index (Phi) is 7.36. The van der Waals surface area contributed by atoms with Crippen LogP contribution in [0.2, 0.25) is 0 Å². The lowest BCUT2D eigenvalue weighted by Gasteiger charge is -2.19. The molecule has 4 aromatic heterocycles. The lowest BCUT2D eigenvalue weighted by molar-refractivity contribution is 0.933. The lowest BCUT2D eigenvalue weighted by atomic mass is 9.89. The van der Waals surface area contributed by atoms with Gasteiger partial charge in [-0.15, -0.1) is 0 Å². The molecule has 9 aromatic carbocycles. The third-order valence-electron chi connectivity index (χ3n) is 12.6. The molecule has 0 fully saturated rings. The molecule has 0 aliphatic carbocycles. The zero-order valence-electron chi connectivity index (χ0n) is 33.4. The van der Waals surface area contributed by atoms with Gasteiger partial charge in [-0.3, -0.25) is 4.57 Å². The highest BCUT2D eigenvalue weighted by Crippen LogP contribution is 2.47. The summed E-state index contributed by atoms with van der Waals surface area (Å²) in [4.78, 5) is 20.3. The first-order valence-electron chi connectivity index (χ1n) is 20.9. The zero-order chi connectivity index (χ0) is 40.9. The van der Waals surface area contributed by atoms with E-state index in [9.17, 15) is 0 Å². The Bertz CT molecular complexity index is 3990. The van der Waals surface area contributed by atoms with Gasteiger partial charge in [-0.1, -0.05) is 127 Å². The number of hydrogen-bond donors (Lipinski definition) is 0. The molecule has 4 heterocycles. The van der Waals surface area contributed by atoms with E-state index in [1.54, 1.807) is 4.40 Å². The Morgan fingerprint density at radius 1 is 0.371 bits per heavy atom. The average Bonchev–Trinajstić information content (AvgIpc) is 4.00. The van der Waals surface area contributed by atoms with Crippen LogP contribution >= 0.6 is 0 Å². The molecule has 0 radical (unpaired) electrons. The van der Waals surface area contributed by atoms with Gasteiger partial charge in [-0.2, -0.15) is 0 Å². The molecule has 0 saturated carbocycles. The van der Waals surface area contributed by atoms with Crippen LogP contribution in [0.3, 0.4) is 0 Å². The second-order valence-corrected chi connectivity index (χ2v) is 15.9. The number of rotatable bonds is 5. The fraction of sp³-hybridized carbons (Fsp3) is 0. The fourth-order valence-electron chi connectivity index (χ4n) is 10.0. The summed E-state index contributed by atoms with van der Waals surface area (Å²) < 4.78 is 8.38. The Morgan fingerprint density at radius 3 is 1.61 bits per heavy atom. The maximum absolute atomic E-state index is 15.2. The Labute approximate surface area is 355 Å². The summed E-state index contributed by atoms with van der Waals surface area (Å²) in [5.41, 5.74) is 14.5. The van der Waals surface area contributed by atoms with Gasteiger partial charge in [-0.25, -0.2) is 14.2 Å². The van der Waals surface area contributed by atoms with E-state index in [4.69, 9.17) is 4.98 Å². The van der Waals surface area contributed by atoms with Gasteiger partial charge in [-0.05, 0) is 102 Å². The molecule has 13 rings (SSSR count). The fourth-order valence-corrected chi connectivity index (χ4v) is 10.0. The molecule has 0 atom stereocenters.